The van der Waals surface area contributed by atoms with Crippen molar-refractivity contribution in [1.29, 1.82) is 0 Å². The molecular weight excluding hydrogens is 212 g/mol. The van der Waals surface area contributed by atoms with Crippen molar-refractivity contribution in [2.45, 2.75) is 0 Å². The van der Waals surface area contributed by atoms with Gasteiger partial charge in [0, 0.05) is 11.1 Å². The van der Waals surface area contributed by atoms with Crippen LogP contribution in [0.5, 0.6) is 11.5 Å². The number of benzene rings is 2. The first kappa shape index (κ1) is 11.1. The van der Waals surface area contributed by atoms with Crippen molar-refractivity contribution in [3.8, 4) is 11.5 Å². The average Bonchev–Trinajstić information content (AvgIpc) is 2.34. The van der Waals surface area contributed by atoms with Crippen LogP contribution in [-0.4, -0.2) is 10.2 Å². The molecule has 2 aromatic rings. The van der Waals surface area contributed by atoms with Crippen molar-refractivity contribution >= 4 is 12.2 Å². The third-order valence-electron chi connectivity index (χ3n) is 2.35. The topological polar surface area (TPSA) is 40.5 Å². The monoisotopic (exact) mass is 224 g/mol. The predicted molar refractivity (Wildman–Crippen MR) is 68.7 cm³/mol. The third kappa shape index (κ3) is 2.77. The summed E-state index contributed by atoms with van der Waals surface area (Å²) in [5.41, 5.74) is 4.32. The zero-order valence-electron chi connectivity index (χ0n) is 9.17. The number of phenols is 2. The molecule has 2 N–H and O–H groups in total. The van der Waals surface area contributed by atoms with E-state index in [4.69, 9.17) is 0 Å². The highest BCUT2D eigenvalue weighted by Crippen LogP contribution is 2.18. The molecule has 0 radical (unpaired) electrons. The summed E-state index contributed by atoms with van der Waals surface area (Å²) in [6.45, 7) is 0. The second kappa shape index (κ2) is 5.06. The van der Waals surface area contributed by atoms with Crippen LogP contribution < -0.4 is 0 Å². The number of phenolic OH excluding ortho intramolecular Hbond substituents is 2. The van der Waals surface area contributed by atoms with Crippen LogP contribution in [0.1, 0.15) is 11.1 Å². The molecule has 0 saturated heterocycles. The van der Waals surface area contributed by atoms with E-state index >= 15 is 0 Å². The van der Waals surface area contributed by atoms with Gasteiger partial charge in [-0.1, -0.05) is 36.4 Å². The summed E-state index contributed by atoms with van der Waals surface area (Å²) < 4.78 is 0. The minimum absolute atomic E-state index is 0.214. The van der Waals surface area contributed by atoms with E-state index in [0.29, 0.717) is 11.1 Å². The van der Waals surface area contributed by atoms with Gasteiger partial charge in [0.1, 0.15) is 11.5 Å². The predicted octanol–water partition coefficient (Wildman–Crippen LogP) is 3.42. The molecule has 2 nitrogen and oxygen atoms in total. The van der Waals surface area contributed by atoms with Gasteiger partial charge in [0.15, 0.2) is 0 Å². The molecule has 0 unspecified atom stereocenters. The first-order chi connectivity index (χ1) is 8.27. The number of hydrogen-bond donors (Lipinski definition) is 2. The molecule has 2 aromatic carbocycles. The first-order valence-corrected chi connectivity index (χ1v) is 5.26. The standard InChI is InChI=1S/C15H12O2/c16-14-10-3-1-6-12(14)8-5-9-13-7-2-4-11-15(13)17/h1-4,6-11,16-17H. The summed E-state index contributed by atoms with van der Waals surface area (Å²) in [6.07, 6.45) is 3.34. The van der Waals surface area contributed by atoms with E-state index < -0.39 is 0 Å². The van der Waals surface area contributed by atoms with Crippen LogP contribution in [-0.2, 0) is 0 Å². The maximum atomic E-state index is 9.53. The molecule has 2 heteroatoms. The Morgan fingerprint density at radius 3 is 1.53 bits per heavy atom. The van der Waals surface area contributed by atoms with E-state index in [0.717, 1.165) is 0 Å². The van der Waals surface area contributed by atoms with E-state index in [2.05, 4.69) is 5.73 Å². The van der Waals surface area contributed by atoms with Crippen LogP contribution in [0.2, 0.25) is 0 Å². The fraction of sp³-hybridized carbons (Fsp3) is 0. The lowest BCUT2D eigenvalue weighted by Crippen LogP contribution is -1.72. The van der Waals surface area contributed by atoms with Gasteiger partial charge in [0.25, 0.3) is 0 Å². The van der Waals surface area contributed by atoms with Crippen LogP contribution in [0.15, 0.2) is 54.3 Å². The molecule has 0 bridgehead atoms. The second-order valence-electron chi connectivity index (χ2n) is 3.57. The summed E-state index contributed by atoms with van der Waals surface area (Å²) in [5, 5.41) is 19.1. The summed E-state index contributed by atoms with van der Waals surface area (Å²) in [5.74, 6) is 0.427. The molecule has 0 aliphatic carbocycles. The highest BCUT2D eigenvalue weighted by molar-refractivity contribution is 5.63. The molecule has 0 aliphatic heterocycles. The van der Waals surface area contributed by atoms with Gasteiger partial charge >= 0.3 is 0 Å². The van der Waals surface area contributed by atoms with Gasteiger partial charge in [0.05, 0.1) is 0 Å². The lowest BCUT2D eigenvalue weighted by Gasteiger charge is -1.96. The molecular formula is C15H12O2. The molecule has 84 valence electrons. The molecule has 0 saturated carbocycles. The maximum Gasteiger partial charge on any atom is 0.123 e. The molecule has 0 aliphatic rings. The van der Waals surface area contributed by atoms with E-state index in [-0.39, 0.29) is 11.5 Å². The average molecular weight is 224 g/mol. The van der Waals surface area contributed by atoms with Crippen molar-refractivity contribution in [3.05, 3.63) is 65.4 Å². The minimum Gasteiger partial charge on any atom is -0.507 e. The fourth-order valence-electron chi connectivity index (χ4n) is 1.44. The van der Waals surface area contributed by atoms with E-state index in [1.54, 1.807) is 48.6 Å². The summed E-state index contributed by atoms with van der Waals surface area (Å²) >= 11 is 0. The Morgan fingerprint density at radius 1 is 0.706 bits per heavy atom. The van der Waals surface area contributed by atoms with Crippen LogP contribution in [0, 0.1) is 0 Å². The minimum atomic E-state index is 0.214. The van der Waals surface area contributed by atoms with Crippen LogP contribution in [0.3, 0.4) is 0 Å². The van der Waals surface area contributed by atoms with E-state index in [1.165, 1.54) is 0 Å². The van der Waals surface area contributed by atoms with Gasteiger partial charge in [-0.05, 0) is 24.3 Å². The normalized spacial score (nSPS) is 9.41. The van der Waals surface area contributed by atoms with Gasteiger partial charge in [-0.3, -0.25) is 0 Å². The van der Waals surface area contributed by atoms with Gasteiger partial charge in [-0.2, -0.15) is 0 Å². The number of rotatable bonds is 2. The molecule has 0 amide bonds. The van der Waals surface area contributed by atoms with Gasteiger partial charge in [-0.25, -0.2) is 0 Å². The van der Waals surface area contributed by atoms with Gasteiger partial charge < -0.3 is 10.2 Å². The number of hydrogen-bond acceptors (Lipinski definition) is 2. The summed E-state index contributed by atoms with van der Waals surface area (Å²) in [6, 6.07) is 14.0. The number of aromatic hydroxyl groups is 2. The Morgan fingerprint density at radius 2 is 1.12 bits per heavy atom. The molecule has 0 aromatic heterocycles. The molecule has 0 heterocycles. The largest absolute Gasteiger partial charge is 0.507 e. The highest BCUT2D eigenvalue weighted by Gasteiger charge is 1.94. The second-order valence-corrected chi connectivity index (χ2v) is 3.57. The van der Waals surface area contributed by atoms with E-state index in [9.17, 15) is 10.2 Å². The fourth-order valence-corrected chi connectivity index (χ4v) is 1.44. The highest BCUT2D eigenvalue weighted by atomic mass is 16.3. The lowest BCUT2D eigenvalue weighted by atomic mass is 10.1. The van der Waals surface area contributed by atoms with Gasteiger partial charge in [-0.15, -0.1) is 5.73 Å². The Bertz CT molecular complexity index is 529. The van der Waals surface area contributed by atoms with Crippen molar-refractivity contribution in [1.82, 2.24) is 0 Å². The zero-order valence-corrected chi connectivity index (χ0v) is 9.17. The Labute approximate surface area is 99.8 Å². The van der Waals surface area contributed by atoms with Crippen molar-refractivity contribution in [3.63, 3.8) is 0 Å². The SMILES string of the molecule is Oc1ccccc1C=C=Cc1ccccc1O. The summed E-state index contributed by atoms with van der Waals surface area (Å²) in [4.78, 5) is 0. The molecule has 0 spiro atoms. The van der Waals surface area contributed by atoms with Crippen LogP contribution >= 0.6 is 0 Å². The Balaban J connectivity index is 2.28. The molecule has 17 heavy (non-hydrogen) atoms. The quantitative estimate of drug-likeness (QED) is 0.767. The Kier molecular flexibility index (Phi) is 3.29. The molecule has 0 fully saturated rings. The lowest BCUT2D eigenvalue weighted by molar-refractivity contribution is 0.473. The number of para-hydroxylation sites is 2. The van der Waals surface area contributed by atoms with Crippen LogP contribution in [0.4, 0.5) is 0 Å². The third-order valence-corrected chi connectivity index (χ3v) is 2.35. The van der Waals surface area contributed by atoms with Crippen molar-refractivity contribution < 1.29 is 10.2 Å². The zero-order chi connectivity index (χ0) is 12.1. The van der Waals surface area contributed by atoms with Crippen molar-refractivity contribution in [2.24, 2.45) is 0 Å². The van der Waals surface area contributed by atoms with Crippen LogP contribution in [0.25, 0.3) is 12.2 Å². The smallest absolute Gasteiger partial charge is 0.123 e. The molecule has 2 rings (SSSR count). The Hall–Kier alpha value is -2.44. The summed E-state index contributed by atoms with van der Waals surface area (Å²) in [7, 11) is 0. The molecule has 0 atom stereocenters. The van der Waals surface area contributed by atoms with E-state index in [1.807, 2.05) is 12.1 Å². The van der Waals surface area contributed by atoms with Gasteiger partial charge in [0.2, 0.25) is 0 Å². The maximum absolute atomic E-state index is 9.53. The first-order valence-electron chi connectivity index (χ1n) is 5.26. The van der Waals surface area contributed by atoms with Crippen molar-refractivity contribution in [2.75, 3.05) is 0 Å².